The summed E-state index contributed by atoms with van der Waals surface area (Å²) < 4.78 is 0. The van der Waals surface area contributed by atoms with Gasteiger partial charge in [0.15, 0.2) is 0 Å². The van der Waals surface area contributed by atoms with Crippen LogP contribution in [-0.2, 0) is 9.59 Å². The van der Waals surface area contributed by atoms with Gasteiger partial charge in [-0.2, -0.15) is 0 Å². The number of rotatable bonds is 7. The van der Waals surface area contributed by atoms with E-state index in [0.717, 1.165) is 17.7 Å². The van der Waals surface area contributed by atoms with E-state index in [1.807, 2.05) is 26.0 Å². The average Bonchev–Trinajstić information content (AvgIpc) is 2.70. The maximum Gasteiger partial charge on any atom is 0.326 e. The predicted molar refractivity (Wildman–Crippen MR) is 73.4 cm³/mol. The fourth-order valence-electron chi connectivity index (χ4n) is 1.94. The van der Waals surface area contributed by atoms with Crippen molar-refractivity contribution in [3.05, 3.63) is 35.6 Å². The van der Waals surface area contributed by atoms with E-state index in [4.69, 9.17) is 5.11 Å². The van der Waals surface area contributed by atoms with Crippen LogP contribution < -0.4 is 10.6 Å². The van der Waals surface area contributed by atoms with Crippen molar-refractivity contribution in [3.63, 3.8) is 0 Å². The van der Waals surface area contributed by atoms with Gasteiger partial charge in [0.25, 0.3) is 0 Å². The van der Waals surface area contributed by atoms with E-state index in [1.165, 1.54) is 0 Å². The maximum atomic E-state index is 11.0. The van der Waals surface area contributed by atoms with Crippen LogP contribution >= 0.6 is 0 Å². The molecule has 1 aliphatic heterocycles. The molecule has 0 bridgehead atoms. The van der Waals surface area contributed by atoms with Gasteiger partial charge in [-0.15, -0.1) is 0 Å². The molecule has 0 aliphatic carbocycles. The normalized spacial score (nSPS) is 22.1. The van der Waals surface area contributed by atoms with E-state index in [9.17, 15) is 9.59 Å². The van der Waals surface area contributed by atoms with Gasteiger partial charge in [0.05, 0.1) is 0 Å². The number of carbonyl (C=O) groups excluding carboxylic acids is 1. The number of allylic oxidation sites excluding steroid dienone is 3. The molecule has 0 radical (unpaired) electrons. The first-order valence-corrected chi connectivity index (χ1v) is 6.29. The molecule has 1 rings (SSSR count). The van der Waals surface area contributed by atoms with Crippen LogP contribution in [0, 0.1) is 0 Å². The Bertz CT molecular complexity index is 424. The number of carboxylic acids is 1. The Hall–Kier alpha value is -2.04. The molecule has 0 spiro atoms. The van der Waals surface area contributed by atoms with Crippen molar-refractivity contribution in [3.8, 4) is 0 Å². The zero-order chi connectivity index (χ0) is 14.3. The lowest BCUT2D eigenvalue weighted by atomic mass is 10.1. The van der Waals surface area contributed by atoms with Crippen LogP contribution in [0.25, 0.3) is 0 Å². The molecule has 19 heavy (non-hydrogen) atoms. The van der Waals surface area contributed by atoms with Crippen LogP contribution in [-0.4, -0.2) is 29.6 Å². The lowest BCUT2D eigenvalue weighted by molar-refractivity contribution is -0.140. The molecule has 0 aromatic carbocycles. The number of carboxylic acid groups (broad SMARTS) is 1. The zero-order valence-electron chi connectivity index (χ0n) is 11.2. The van der Waals surface area contributed by atoms with Crippen LogP contribution in [0.5, 0.6) is 0 Å². The van der Waals surface area contributed by atoms with Crippen molar-refractivity contribution < 1.29 is 14.7 Å². The van der Waals surface area contributed by atoms with Gasteiger partial charge in [-0.25, -0.2) is 4.79 Å². The van der Waals surface area contributed by atoms with Crippen LogP contribution in [0.2, 0.25) is 0 Å². The molecule has 3 N–H and O–H groups in total. The van der Waals surface area contributed by atoms with Gasteiger partial charge in [0.2, 0.25) is 6.41 Å². The summed E-state index contributed by atoms with van der Waals surface area (Å²) in [6, 6.07) is -0.718. The zero-order valence-corrected chi connectivity index (χ0v) is 11.2. The molecule has 0 saturated heterocycles. The fraction of sp³-hybridized carbons (Fsp3) is 0.429. The van der Waals surface area contributed by atoms with Crippen LogP contribution in [0.3, 0.4) is 0 Å². The van der Waals surface area contributed by atoms with Gasteiger partial charge in [0, 0.05) is 18.2 Å². The fourth-order valence-corrected chi connectivity index (χ4v) is 1.94. The Morgan fingerprint density at radius 2 is 2.37 bits per heavy atom. The van der Waals surface area contributed by atoms with Crippen LogP contribution in [0.15, 0.2) is 35.6 Å². The first kappa shape index (κ1) is 15.0. The first-order valence-electron chi connectivity index (χ1n) is 6.29. The third-order valence-electron chi connectivity index (χ3n) is 2.96. The monoisotopic (exact) mass is 264 g/mol. The minimum atomic E-state index is -1.03. The number of aliphatic carboxylic acids is 1. The lowest BCUT2D eigenvalue weighted by Gasteiger charge is -2.13. The molecular formula is C14H20N2O3. The molecular weight excluding hydrogens is 244 g/mol. The van der Waals surface area contributed by atoms with Crippen molar-refractivity contribution in [1.29, 1.82) is 0 Å². The summed E-state index contributed by atoms with van der Waals surface area (Å²) in [6.45, 7) is 3.99. The third kappa shape index (κ3) is 4.62. The van der Waals surface area contributed by atoms with E-state index in [1.54, 1.807) is 0 Å². The quantitative estimate of drug-likeness (QED) is 0.479. The van der Waals surface area contributed by atoms with Gasteiger partial charge >= 0.3 is 5.97 Å². The summed E-state index contributed by atoms with van der Waals surface area (Å²) in [7, 11) is 0. The van der Waals surface area contributed by atoms with Gasteiger partial charge in [-0.05, 0) is 31.9 Å². The molecule has 0 saturated carbocycles. The summed E-state index contributed by atoms with van der Waals surface area (Å²) in [5.74, 6) is -1.03. The molecule has 0 aromatic heterocycles. The summed E-state index contributed by atoms with van der Waals surface area (Å²) in [4.78, 5) is 21.3. The van der Waals surface area contributed by atoms with Crippen molar-refractivity contribution >= 4 is 12.4 Å². The predicted octanol–water partition coefficient (Wildman–Crippen LogP) is 1.34. The number of hydrogen-bond acceptors (Lipinski definition) is 3. The lowest BCUT2D eigenvalue weighted by Crippen LogP contribution is -2.37. The number of nitrogens with one attached hydrogen (secondary N) is 2. The average molecular weight is 264 g/mol. The second-order valence-electron chi connectivity index (χ2n) is 4.42. The minimum Gasteiger partial charge on any atom is -0.480 e. The molecule has 5 heteroatoms. The second kappa shape index (κ2) is 7.41. The topological polar surface area (TPSA) is 78.4 Å². The first-order chi connectivity index (χ1) is 9.08. The van der Waals surface area contributed by atoms with Crippen molar-refractivity contribution in [2.45, 2.75) is 38.8 Å². The highest BCUT2D eigenvalue weighted by molar-refractivity contribution is 5.76. The molecule has 1 amide bonds. The Kier molecular flexibility index (Phi) is 5.85. The Morgan fingerprint density at radius 3 is 2.95 bits per heavy atom. The summed E-state index contributed by atoms with van der Waals surface area (Å²) in [5, 5.41) is 14.5. The van der Waals surface area contributed by atoms with E-state index >= 15 is 0 Å². The molecule has 1 aliphatic rings. The number of hydrogen-bond donors (Lipinski definition) is 3. The number of carbonyl (C=O) groups is 2. The van der Waals surface area contributed by atoms with Crippen molar-refractivity contribution in [2.75, 3.05) is 0 Å². The molecule has 104 valence electrons. The molecule has 0 fully saturated rings. The van der Waals surface area contributed by atoms with E-state index in [-0.39, 0.29) is 12.5 Å². The summed E-state index contributed by atoms with van der Waals surface area (Å²) in [5.41, 5.74) is 1.98. The van der Waals surface area contributed by atoms with Crippen molar-refractivity contribution in [2.24, 2.45) is 0 Å². The molecule has 5 nitrogen and oxygen atoms in total. The molecule has 1 heterocycles. The highest BCUT2D eigenvalue weighted by Crippen LogP contribution is 2.19. The highest BCUT2D eigenvalue weighted by atomic mass is 16.4. The second-order valence-corrected chi connectivity index (χ2v) is 4.42. The molecule has 2 unspecified atom stereocenters. The smallest absolute Gasteiger partial charge is 0.326 e. The Labute approximate surface area is 113 Å². The van der Waals surface area contributed by atoms with Gasteiger partial charge in [-0.3, -0.25) is 4.79 Å². The van der Waals surface area contributed by atoms with Gasteiger partial charge in [-0.1, -0.05) is 18.2 Å². The Balaban J connectivity index is 2.68. The Morgan fingerprint density at radius 1 is 1.63 bits per heavy atom. The van der Waals surface area contributed by atoms with Crippen molar-refractivity contribution in [1.82, 2.24) is 10.6 Å². The van der Waals surface area contributed by atoms with Gasteiger partial charge in [0.1, 0.15) is 6.04 Å². The van der Waals surface area contributed by atoms with E-state index < -0.39 is 12.0 Å². The number of amides is 1. The molecule has 2 atom stereocenters. The van der Waals surface area contributed by atoms with Crippen LogP contribution in [0.1, 0.15) is 26.7 Å². The van der Waals surface area contributed by atoms with E-state index in [2.05, 4.69) is 22.8 Å². The maximum absolute atomic E-state index is 11.0. The van der Waals surface area contributed by atoms with Gasteiger partial charge < -0.3 is 15.7 Å². The summed E-state index contributed by atoms with van der Waals surface area (Å²) >= 11 is 0. The standard InChI is InChI=1S/C14H20N2O3/c1-3-4-5-6-11-7-12(16-10(11)2)8-13(14(18)19)15-9-17/h3-4,6-7,9-10,13,16H,5,8H2,1-2H3,(H,15,17)(H,18,19)/b4-3-,11-6-. The SMILES string of the molecule is C/C=C\C/C=C1/C=C(CC(NC=O)C(=O)O)NC1C. The van der Waals surface area contributed by atoms with E-state index in [0.29, 0.717) is 6.41 Å². The highest BCUT2D eigenvalue weighted by Gasteiger charge is 2.23. The summed E-state index contributed by atoms with van der Waals surface area (Å²) in [6.07, 6.45) is 9.64. The van der Waals surface area contributed by atoms with Crippen LogP contribution in [0.4, 0.5) is 0 Å². The molecule has 0 aromatic rings. The minimum absolute atomic E-state index is 0.172. The largest absolute Gasteiger partial charge is 0.480 e. The third-order valence-corrected chi connectivity index (χ3v) is 2.96.